The van der Waals surface area contributed by atoms with Crippen LogP contribution in [0.5, 0.6) is 0 Å². The second-order valence-corrected chi connectivity index (χ2v) is 8.44. The number of guanidine groups is 1. The zero-order chi connectivity index (χ0) is 19.2. The van der Waals surface area contributed by atoms with Gasteiger partial charge in [-0.25, -0.2) is 0 Å². The number of hydrogen-bond acceptors (Lipinski definition) is 2. The summed E-state index contributed by atoms with van der Waals surface area (Å²) in [5.41, 5.74) is 2.74. The summed E-state index contributed by atoms with van der Waals surface area (Å²) in [4.78, 5) is 7.49. The van der Waals surface area contributed by atoms with Crippen LogP contribution in [0.1, 0.15) is 58.6 Å². The van der Waals surface area contributed by atoms with E-state index in [-0.39, 0.29) is 29.4 Å². The minimum Gasteiger partial charge on any atom is -0.357 e. The lowest BCUT2D eigenvalue weighted by Crippen LogP contribution is -2.50. The minimum absolute atomic E-state index is 0. The third-order valence-corrected chi connectivity index (χ3v) is 5.45. The third-order valence-electron chi connectivity index (χ3n) is 5.45. The number of halogens is 1. The Morgan fingerprint density at radius 1 is 1.22 bits per heavy atom. The van der Waals surface area contributed by atoms with E-state index in [0.29, 0.717) is 12.1 Å². The molecule has 1 aromatic rings. The summed E-state index contributed by atoms with van der Waals surface area (Å²) in [5, 5.41) is 7.10. The minimum atomic E-state index is 0. The quantitative estimate of drug-likeness (QED) is 0.358. The van der Waals surface area contributed by atoms with Crippen molar-refractivity contribution < 1.29 is 0 Å². The number of piperidine rings is 1. The molecule has 0 amide bonds. The molecule has 1 fully saturated rings. The van der Waals surface area contributed by atoms with E-state index < -0.39 is 0 Å². The van der Waals surface area contributed by atoms with E-state index in [1.807, 2.05) is 0 Å². The van der Waals surface area contributed by atoms with Gasteiger partial charge in [0.1, 0.15) is 0 Å². The summed E-state index contributed by atoms with van der Waals surface area (Å²) in [5.74, 6) is 0.956. The maximum Gasteiger partial charge on any atom is 0.191 e. The highest BCUT2D eigenvalue weighted by atomic mass is 127. The van der Waals surface area contributed by atoms with Crippen molar-refractivity contribution in [3.8, 4) is 0 Å². The summed E-state index contributed by atoms with van der Waals surface area (Å²) in [7, 11) is 0. The molecule has 1 aliphatic rings. The Morgan fingerprint density at radius 2 is 1.85 bits per heavy atom. The summed E-state index contributed by atoms with van der Waals surface area (Å²) in [6, 6.07) is 9.81. The molecule has 2 rings (SSSR count). The summed E-state index contributed by atoms with van der Waals surface area (Å²) >= 11 is 0. The molecular formula is C22H39IN4. The Bertz CT molecular complexity index is 590. The molecule has 0 bridgehead atoms. The molecule has 154 valence electrons. The summed E-state index contributed by atoms with van der Waals surface area (Å²) in [6.45, 7) is 17.5. The van der Waals surface area contributed by atoms with Gasteiger partial charge in [0.2, 0.25) is 0 Å². The first kappa shape index (κ1) is 24.2. The van der Waals surface area contributed by atoms with Crippen LogP contribution in [0, 0.1) is 6.92 Å². The third kappa shape index (κ3) is 7.26. The lowest BCUT2D eigenvalue weighted by atomic mass is 9.82. The fourth-order valence-electron chi connectivity index (χ4n) is 3.77. The van der Waals surface area contributed by atoms with Gasteiger partial charge in [0, 0.05) is 37.1 Å². The average molecular weight is 486 g/mol. The van der Waals surface area contributed by atoms with E-state index in [9.17, 15) is 0 Å². The number of aliphatic imine (C=N–C) groups is 1. The van der Waals surface area contributed by atoms with Gasteiger partial charge >= 0.3 is 0 Å². The molecule has 4 nitrogen and oxygen atoms in total. The van der Waals surface area contributed by atoms with Gasteiger partial charge in [-0.2, -0.15) is 0 Å². The molecule has 0 aliphatic carbocycles. The van der Waals surface area contributed by atoms with Crippen LogP contribution >= 0.6 is 24.0 Å². The van der Waals surface area contributed by atoms with Crippen molar-refractivity contribution in [3.63, 3.8) is 0 Å². The van der Waals surface area contributed by atoms with Crippen LogP contribution in [-0.2, 0) is 5.41 Å². The predicted molar refractivity (Wildman–Crippen MR) is 128 cm³/mol. The lowest BCUT2D eigenvalue weighted by molar-refractivity contribution is 0.167. The number of nitrogens with one attached hydrogen (secondary N) is 2. The first-order valence-corrected chi connectivity index (χ1v) is 10.2. The molecule has 1 saturated heterocycles. The molecule has 27 heavy (non-hydrogen) atoms. The largest absolute Gasteiger partial charge is 0.357 e. The van der Waals surface area contributed by atoms with Gasteiger partial charge in [-0.15, -0.1) is 24.0 Å². The van der Waals surface area contributed by atoms with Crippen molar-refractivity contribution in [3.05, 3.63) is 35.4 Å². The molecule has 0 atom stereocenters. The monoisotopic (exact) mass is 486 g/mol. The van der Waals surface area contributed by atoms with Crippen LogP contribution in [-0.4, -0.2) is 49.1 Å². The zero-order valence-corrected chi connectivity index (χ0v) is 20.3. The number of benzene rings is 1. The molecule has 0 unspecified atom stereocenters. The number of rotatable bonds is 6. The van der Waals surface area contributed by atoms with Crippen LogP contribution in [0.2, 0.25) is 0 Å². The van der Waals surface area contributed by atoms with Gasteiger partial charge < -0.3 is 15.5 Å². The second-order valence-electron chi connectivity index (χ2n) is 8.44. The van der Waals surface area contributed by atoms with Gasteiger partial charge in [-0.1, -0.05) is 38.1 Å². The predicted octanol–water partition coefficient (Wildman–Crippen LogP) is 4.32. The SMILES string of the molecule is CCNC(=NCC(C)(C)c1ccccc1C)NC1CCN(C(C)C)CC1.I. The van der Waals surface area contributed by atoms with Gasteiger partial charge in [0.05, 0.1) is 6.54 Å². The smallest absolute Gasteiger partial charge is 0.191 e. The van der Waals surface area contributed by atoms with Crippen LogP contribution in [0.25, 0.3) is 0 Å². The van der Waals surface area contributed by atoms with Gasteiger partial charge in [0.25, 0.3) is 0 Å². The Morgan fingerprint density at radius 3 is 2.41 bits per heavy atom. The highest BCUT2D eigenvalue weighted by Crippen LogP contribution is 2.26. The number of aryl methyl sites for hydroxylation is 1. The number of likely N-dealkylation sites (tertiary alicyclic amines) is 1. The summed E-state index contributed by atoms with van der Waals surface area (Å²) < 4.78 is 0. The topological polar surface area (TPSA) is 39.7 Å². The standard InChI is InChI=1S/C22H38N4.HI/c1-7-23-21(25-19-12-14-26(15-13-19)17(2)3)24-16-22(5,6)20-11-9-8-10-18(20)4;/h8-11,17,19H,7,12-16H2,1-6H3,(H2,23,24,25);1H. The maximum atomic E-state index is 4.93. The molecule has 0 aromatic heterocycles. The van der Waals surface area contributed by atoms with Crippen molar-refractivity contribution in [1.29, 1.82) is 0 Å². The lowest BCUT2D eigenvalue weighted by Gasteiger charge is -2.35. The van der Waals surface area contributed by atoms with Crippen LogP contribution < -0.4 is 10.6 Å². The Balaban J connectivity index is 0.00000364. The van der Waals surface area contributed by atoms with E-state index in [1.165, 1.54) is 37.1 Å². The zero-order valence-electron chi connectivity index (χ0n) is 18.0. The maximum absolute atomic E-state index is 4.93. The molecule has 0 saturated carbocycles. The van der Waals surface area contributed by atoms with E-state index >= 15 is 0 Å². The van der Waals surface area contributed by atoms with Crippen molar-refractivity contribution in [2.24, 2.45) is 4.99 Å². The first-order chi connectivity index (χ1) is 12.3. The highest BCUT2D eigenvalue weighted by Gasteiger charge is 2.24. The van der Waals surface area contributed by atoms with E-state index in [4.69, 9.17) is 4.99 Å². The van der Waals surface area contributed by atoms with Gasteiger partial charge in [-0.3, -0.25) is 4.99 Å². The van der Waals surface area contributed by atoms with Crippen molar-refractivity contribution in [2.45, 2.75) is 71.9 Å². The van der Waals surface area contributed by atoms with E-state index in [0.717, 1.165) is 19.0 Å². The molecule has 1 aliphatic heterocycles. The van der Waals surface area contributed by atoms with Crippen molar-refractivity contribution in [1.82, 2.24) is 15.5 Å². The Hall–Kier alpha value is -0.820. The Labute approximate surface area is 183 Å². The van der Waals surface area contributed by atoms with Crippen LogP contribution in [0.4, 0.5) is 0 Å². The molecule has 5 heteroatoms. The molecule has 0 spiro atoms. The van der Waals surface area contributed by atoms with Crippen molar-refractivity contribution >= 4 is 29.9 Å². The second kappa shape index (κ2) is 11.2. The molecule has 2 N–H and O–H groups in total. The molecular weight excluding hydrogens is 447 g/mol. The van der Waals surface area contributed by atoms with E-state index in [2.05, 4.69) is 81.3 Å². The first-order valence-electron chi connectivity index (χ1n) is 10.2. The molecule has 0 radical (unpaired) electrons. The number of nitrogens with zero attached hydrogens (tertiary/aromatic N) is 2. The van der Waals surface area contributed by atoms with Gasteiger partial charge in [0.15, 0.2) is 5.96 Å². The summed E-state index contributed by atoms with van der Waals surface area (Å²) in [6.07, 6.45) is 2.37. The fourth-order valence-corrected chi connectivity index (χ4v) is 3.77. The van der Waals surface area contributed by atoms with Crippen LogP contribution in [0.3, 0.4) is 0 Å². The van der Waals surface area contributed by atoms with Crippen LogP contribution in [0.15, 0.2) is 29.3 Å². The normalized spacial score (nSPS) is 16.9. The fraction of sp³-hybridized carbons (Fsp3) is 0.682. The molecule has 1 aromatic carbocycles. The average Bonchev–Trinajstić information content (AvgIpc) is 2.60. The van der Waals surface area contributed by atoms with Crippen molar-refractivity contribution in [2.75, 3.05) is 26.2 Å². The highest BCUT2D eigenvalue weighted by molar-refractivity contribution is 14.0. The van der Waals surface area contributed by atoms with Gasteiger partial charge in [-0.05, 0) is 51.7 Å². The molecule has 1 heterocycles. The Kier molecular flexibility index (Phi) is 10.1. The van der Waals surface area contributed by atoms with E-state index in [1.54, 1.807) is 0 Å². The number of hydrogen-bond donors (Lipinski definition) is 2.